The van der Waals surface area contributed by atoms with E-state index >= 15 is 0 Å². The van der Waals surface area contributed by atoms with Gasteiger partial charge in [0.1, 0.15) is 0 Å². The van der Waals surface area contributed by atoms with Crippen molar-refractivity contribution >= 4 is 17.5 Å². The van der Waals surface area contributed by atoms with Gasteiger partial charge in [0.15, 0.2) is 5.78 Å². The molecule has 1 aromatic rings. The lowest BCUT2D eigenvalue weighted by molar-refractivity contribution is 0.0957. The van der Waals surface area contributed by atoms with Gasteiger partial charge < -0.3 is 0 Å². The van der Waals surface area contributed by atoms with Crippen LogP contribution in [0.25, 0.3) is 0 Å². The molecule has 2 nitrogen and oxygen atoms in total. The molecule has 0 aromatic heterocycles. The van der Waals surface area contributed by atoms with Crippen LogP contribution in [0.5, 0.6) is 0 Å². The predicted molar refractivity (Wildman–Crippen MR) is 83.2 cm³/mol. The lowest BCUT2D eigenvalue weighted by Crippen LogP contribution is -2.41. The molecule has 104 valence electrons. The smallest absolute Gasteiger partial charge is 0.164 e. The van der Waals surface area contributed by atoms with Crippen molar-refractivity contribution in [3.63, 3.8) is 0 Å². The average molecular weight is 277 g/mol. The molecule has 0 aliphatic carbocycles. The average Bonchev–Trinajstić information content (AvgIpc) is 2.36. The van der Waals surface area contributed by atoms with Crippen LogP contribution >= 0.6 is 11.8 Å². The van der Waals surface area contributed by atoms with Gasteiger partial charge in [0.25, 0.3) is 0 Å². The molecule has 1 saturated heterocycles. The number of rotatable bonds is 4. The quantitative estimate of drug-likeness (QED) is 0.788. The van der Waals surface area contributed by atoms with E-state index in [0.29, 0.717) is 12.5 Å². The van der Waals surface area contributed by atoms with Gasteiger partial charge in [0.05, 0.1) is 0 Å². The third-order valence-corrected chi connectivity index (χ3v) is 4.86. The summed E-state index contributed by atoms with van der Waals surface area (Å²) in [6, 6.07) is 6.72. The van der Waals surface area contributed by atoms with E-state index in [0.717, 1.165) is 18.7 Å². The summed E-state index contributed by atoms with van der Waals surface area (Å²) in [5.41, 5.74) is 3.22. The number of carbonyl (C=O) groups excluding carboxylic acids is 1. The van der Waals surface area contributed by atoms with Crippen molar-refractivity contribution in [1.29, 1.82) is 0 Å². The highest BCUT2D eigenvalue weighted by Gasteiger charge is 2.19. The number of Topliss-reactive ketones (excluding diaryl/α,β-unsaturated/α-hetero) is 1. The zero-order valence-electron chi connectivity index (χ0n) is 12.1. The van der Waals surface area contributed by atoms with E-state index in [-0.39, 0.29) is 5.78 Å². The molecule has 19 heavy (non-hydrogen) atoms. The number of carbonyl (C=O) groups is 1. The second kappa shape index (κ2) is 6.58. The highest BCUT2D eigenvalue weighted by atomic mass is 32.2. The SMILES string of the molecule is Cc1cc(C)cc(C(=O)CCN2CCSCC2C)c1. The molecule has 0 radical (unpaired) electrons. The second-order valence-corrected chi connectivity index (χ2v) is 6.66. The largest absolute Gasteiger partial charge is 0.299 e. The first-order chi connectivity index (χ1) is 9.06. The lowest BCUT2D eigenvalue weighted by Gasteiger charge is -2.32. The van der Waals surface area contributed by atoms with Crippen LogP contribution in [-0.4, -0.2) is 41.3 Å². The van der Waals surface area contributed by atoms with E-state index in [1.54, 1.807) is 0 Å². The van der Waals surface area contributed by atoms with E-state index in [2.05, 4.69) is 17.9 Å². The van der Waals surface area contributed by atoms with E-state index in [1.165, 1.54) is 22.6 Å². The Kier molecular flexibility index (Phi) is 5.06. The van der Waals surface area contributed by atoms with Gasteiger partial charge in [-0.3, -0.25) is 9.69 Å². The minimum Gasteiger partial charge on any atom is -0.299 e. The standard InChI is InChI=1S/C16H23NOS/c1-12-8-13(2)10-15(9-12)16(18)4-5-17-6-7-19-11-14(17)3/h8-10,14H,4-7,11H2,1-3H3. The normalized spacial score (nSPS) is 20.5. The van der Waals surface area contributed by atoms with Crippen LogP contribution < -0.4 is 0 Å². The first-order valence-corrected chi connectivity index (χ1v) is 8.15. The van der Waals surface area contributed by atoms with Crippen molar-refractivity contribution in [1.82, 2.24) is 4.90 Å². The molecule has 0 spiro atoms. The van der Waals surface area contributed by atoms with E-state index < -0.39 is 0 Å². The van der Waals surface area contributed by atoms with Crippen molar-refractivity contribution in [2.75, 3.05) is 24.6 Å². The van der Waals surface area contributed by atoms with E-state index in [1.807, 2.05) is 37.7 Å². The van der Waals surface area contributed by atoms with E-state index in [9.17, 15) is 4.79 Å². The number of nitrogens with zero attached hydrogens (tertiary/aromatic N) is 1. The molecule has 1 aromatic carbocycles. The molecule has 0 saturated carbocycles. The van der Waals surface area contributed by atoms with Crippen LogP contribution in [0.1, 0.15) is 34.8 Å². The topological polar surface area (TPSA) is 20.3 Å². The molecule has 1 atom stereocenters. The summed E-state index contributed by atoms with van der Waals surface area (Å²) in [6.45, 7) is 8.37. The van der Waals surface area contributed by atoms with Crippen molar-refractivity contribution in [3.05, 3.63) is 34.9 Å². The van der Waals surface area contributed by atoms with Crippen LogP contribution in [0.2, 0.25) is 0 Å². The van der Waals surface area contributed by atoms with Gasteiger partial charge >= 0.3 is 0 Å². The van der Waals surface area contributed by atoms with Crippen LogP contribution in [0.4, 0.5) is 0 Å². The van der Waals surface area contributed by atoms with Crippen molar-refractivity contribution in [2.45, 2.75) is 33.2 Å². The van der Waals surface area contributed by atoms with Gasteiger partial charge in [0, 0.05) is 42.6 Å². The number of benzene rings is 1. The Morgan fingerprint density at radius 2 is 2.00 bits per heavy atom. The molecule has 1 fully saturated rings. The lowest BCUT2D eigenvalue weighted by atomic mass is 10.0. The number of hydrogen-bond acceptors (Lipinski definition) is 3. The molecule has 0 bridgehead atoms. The van der Waals surface area contributed by atoms with Gasteiger partial charge in [-0.25, -0.2) is 0 Å². The molecule has 0 amide bonds. The predicted octanol–water partition coefficient (Wildman–Crippen LogP) is 3.31. The van der Waals surface area contributed by atoms with Gasteiger partial charge in [-0.1, -0.05) is 17.2 Å². The maximum Gasteiger partial charge on any atom is 0.164 e. The minimum absolute atomic E-state index is 0.275. The highest BCUT2D eigenvalue weighted by molar-refractivity contribution is 7.99. The third-order valence-electron chi connectivity index (χ3n) is 3.67. The highest BCUT2D eigenvalue weighted by Crippen LogP contribution is 2.17. The summed E-state index contributed by atoms with van der Waals surface area (Å²) in [5, 5.41) is 0. The summed E-state index contributed by atoms with van der Waals surface area (Å²) in [5.74, 6) is 2.66. The van der Waals surface area contributed by atoms with Crippen molar-refractivity contribution in [2.24, 2.45) is 0 Å². The van der Waals surface area contributed by atoms with Crippen LogP contribution in [0.3, 0.4) is 0 Å². The molecular weight excluding hydrogens is 254 g/mol. The third kappa shape index (κ3) is 4.08. The Morgan fingerprint density at radius 3 is 2.63 bits per heavy atom. The number of hydrogen-bond donors (Lipinski definition) is 0. The minimum atomic E-state index is 0.275. The fraction of sp³-hybridized carbons (Fsp3) is 0.562. The summed E-state index contributed by atoms with van der Waals surface area (Å²) >= 11 is 2.01. The van der Waals surface area contributed by atoms with Crippen molar-refractivity contribution in [3.8, 4) is 0 Å². The van der Waals surface area contributed by atoms with Crippen LogP contribution in [0, 0.1) is 13.8 Å². The van der Waals surface area contributed by atoms with Crippen LogP contribution in [0.15, 0.2) is 18.2 Å². The van der Waals surface area contributed by atoms with Crippen molar-refractivity contribution < 1.29 is 4.79 Å². The molecule has 0 N–H and O–H groups in total. The summed E-state index contributed by atoms with van der Waals surface area (Å²) in [6.07, 6.45) is 0.637. The number of ketones is 1. The van der Waals surface area contributed by atoms with Crippen LogP contribution in [-0.2, 0) is 0 Å². The molecule has 3 heteroatoms. The first-order valence-electron chi connectivity index (χ1n) is 6.99. The first kappa shape index (κ1) is 14.6. The summed E-state index contributed by atoms with van der Waals surface area (Å²) < 4.78 is 0. The molecular formula is C16H23NOS. The Balaban J connectivity index is 1.93. The Hall–Kier alpha value is -0.800. The Morgan fingerprint density at radius 1 is 1.32 bits per heavy atom. The maximum absolute atomic E-state index is 12.3. The summed E-state index contributed by atoms with van der Waals surface area (Å²) in [7, 11) is 0. The zero-order valence-corrected chi connectivity index (χ0v) is 12.9. The Labute approximate surface area is 120 Å². The van der Waals surface area contributed by atoms with E-state index in [4.69, 9.17) is 0 Å². The second-order valence-electron chi connectivity index (χ2n) is 5.51. The fourth-order valence-corrected chi connectivity index (χ4v) is 3.70. The number of thioether (sulfide) groups is 1. The van der Waals surface area contributed by atoms with Gasteiger partial charge in [-0.05, 0) is 32.9 Å². The molecule has 1 heterocycles. The maximum atomic E-state index is 12.3. The molecule has 2 rings (SSSR count). The Bertz CT molecular complexity index is 438. The molecule has 1 unspecified atom stereocenters. The number of aryl methyl sites for hydroxylation is 2. The fourth-order valence-electron chi connectivity index (χ4n) is 2.62. The summed E-state index contributed by atoms with van der Waals surface area (Å²) in [4.78, 5) is 14.7. The molecule has 1 aliphatic rings. The molecule has 1 aliphatic heterocycles. The van der Waals surface area contributed by atoms with Gasteiger partial charge in [-0.15, -0.1) is 0 Å². The van der Waals surface area contributed by atoms with Gasteiger partial charge in [-0.2, -0.15) is 11.8 Å². The zero-order chi connectivity index (χ0) is 13.8. The van der Waals surface area contributed by atoms with Gasteiger partial charge in [0.2, 0.25) is 0 Å². The monoisotopic (exact) mass is 277 g/mol.